The summed E-state index contributed by atoms with van der Waals surface area (Å²) in [6.45, 7) is 0.711. The lowest BCUT2D eigenvalue weighted by atomic mass is 10.1. The average Bonchev–Trinajstić information content (AvgIpc) is 3.28. The average molecular weight is 512 g/mol. The predicted octanol–water partition coefficient (Wildman–Crippen LogP) is 2.63. The largest absolute Gasteiger partial charge is 0.399 e. The van der Waals surface area contributed by atoms with Gasteiger partial charge in [0.25, 0.3) is 5.56 Å². The van der Waals surface area contributed by atoms with E-state index in [-0.39, 0.29) is 13.2 Å². The van der Waals surface area contributed by atoms with Crippen LogP contribution in [0.4, 0.5) is 5.69 Å². The van der Waals surface area contributed by atoms with E-state index in [9.17, 15) is 13.8 Å². The highest BCUT2D eigenvalue weighted by Gasteiger charge is 2.17. The lowest BCUT2D eigenvalue weighted by Crippen LogP contribution is -2.40. The quantitative estimate of drug-likeness (QED) is 0.151. The molecule has 10 nitrogen and oxygen atoms in total. The van der Waals surface area contributed by atoms with E-state index in [2.05, 4.69) is 14.2 Å². The van der Waals surface area contributed by atoms with Gasteiger partial charge >= 0.3 is 17.1 Å². The van der Waals surface area contributed by atoms with Crippen LogP contribution < -0.4 is 17.0 Å². The third-order valence-electron chi connectivity index (χ3n) is 5.94. The second-order valence-corrected chi connectivity index (χ2v) is 9.20. The number of nitrogen functional groups attached to an aromatic ring is 1. The van der Waals surface area contributed by atoms with Crippen molar-refractivity contribution in [3.63, 3.8) is 0 Å². The molecule has 190 valence electrons. The lowest BCUT2D eigenvalue weighted by molar-refractivity contribution is 0.295. The summed E-state index contributed by atoms with van der Waals surface area (Å²) in [5.74, 6) is 0.612. The zero-order valence-corrected chi connectivity index (χ0v) is 20.6. The Hall–Kier alpha value is -3.54. The molecule has 0 radical (unpaired) electrons. The summed E-state index contributed by atoms with van der Waals surface area (Å²) >= 11 is -2.29. The van der Waals surface area contributed by atoms with Crippen molar-refractivity contribution < 1.29 is 12.9 Å². The summed E-state index contributed by atoms with van der Waals surface area (Å²) in [5.41, 5.74) is 8.35. The second-order valence-electron chi connectivity index (χ2n) is 8.53. The van der Waals surface area contributed by atoms with Crippen molar-refractivity contribution in [2.75, 3.05) is 12.3 Å². The Bertz CT molecular complexity index is 1440. The smallest absolute Gasteiger partial charge is 0.332 e. The van der Waals surface area contributed by atoms with Gasteiger partial charge in [0.15, 0.2) is 5.65 Å². The number of unbranched alkanes of at least 4 members (excludes halogenated alkanes) is 2. The SMILES string of the molecule is Nc1ccc(CCn2c(=O)n(CCCCCOS(=O)O)c(=O)c3[nH]c(Cc4ccccc4)nc32)cc1. The maximum absolute atomic E-state index is 13.4. The van der Waals surface area contributed by atoms with Crippen molar-refractivity contribution in [2.24, 2.45) is 0 Å². The molecule has 2 aromatic heterocycles. The molecule has 2 heterocycles. The third-order valence-corrected chi connectivity index (χ3v) is 6.31. The summed E-state index contributed by atoms with van der Waals surface area (Å²) < 4.78 is 26.7. The highest BCUT2D eigenvalue weighted by atomic mass is 32.2. The van der Waals surface area contributed by atoms with E-state index in [1.54, 1.807) is 4.57 Å². The van der Waals surface area contributed by atoms with Gasteiger partial charge in [0.2, 0.25) is 0 Å². The molecule has 0 aliphatic carbocycles. The number of nitrogens with two attached hydrogens (primary N) is 1. The van der Waals surface area contributed by atoms with Gasteiger partial charge in [0.1, 0.15) is 11.3 Å². The highest BCUT2D eigenvalue weighted by molar-refractivity contribution is 7.74. The van der Waals surface area contributed by atoms with Gasteiger partial charge in [-0.3, -0.25) is 22.7 Å². The zero-order valence-electron chi connectivity index (χ0n) is 19.8. The summed E-state index contributed by atoms with van der Waals surface area (Å²) in [7, 11) is 0. The highest BCUT2D eigenvalue weighted by Crippen LogP contribution is 2.13. The number of nitrogens with one attached hydrogen (secondary N) is 1. The number of aryl methyl sites for hydroxylation is 2. The minimum atomic E-state index is -2.29. The van der Waals surface area contributed by atoms with Crippen LogP contribution in [0.5, 0.6) is 0 Å². The number of benzene rings is 2. The predicted molar refractivity (Wildman–Crippen MR) is 139 cm³/mol. The molecule has 0 saturated heterocycles. The van der Waals surface area contributed by atoms with Crippen LogP contribution in [0.1, 0.15) is 36.2 Å². The fourth-order valence-corrected chi connectivity index (χ4v) is 4.35. The molecule has 0 fully saturated rings. The fraction of sp³-hybridized carbons (Fsp3) is 0.320. The Balaban J connectivity index is 1.62. The molecule has 4 aromatic rings. The van der Waals surface area contributed by atoms with E-state index in [4.69, 9.17) is 10.3 Å². The Morgan fingerprint density at radius 3 is 2.42 bits per heavy atom. The normalized spacial score (nSPS) is 12.2. The second kappa shape index (κ2) is 11.9. The van der Waals surface area contributed by atoms with Gasteiger partial charge < -0.3 is 10.7 Å². The number of hydrogen-bond donors (Lipinski definition) is 3. The molecule has 36 heavy (non-hydrogen) atoms. The standard InChI is InChI=1S/C25H29N5O5S/c26-20-11-9-18(10-12-20)13-15-29-23-22(27-21(28-23)17-19-7-3-1-4-8-19)24(31)30(25(29)32)14-5-2-6-16-35-36(33)34/h1,3-4,7-12H,2,5-6,13-17,26H2,(H,27,28)(H,33,34). The van der Waals surface area contributed by atoms with Gasteiger partial charge in [-0.2, -0.15) is 4.21 Å². The van der Waals surface area contributed by atoms with Crippen LogP contribution >= 0.6 is 0 Å². The van der Waals surface area contributed by atoms with Crippen molar-refractivity contribution in [1.82, 2.24) is 19.1 Å². The summed E-state index contributed by atoms with van der Waals surface area (Å²) in [4.78, 5) is 34.5. The monoisotopic (exact) mass is 511 g/mol. The van der Waals surface area contributed by atoms with Gasteiger partial charge in [-0.15, -0.1) is 0 Å². The van der Waals surface area contributed by atoms with E-state index in [0.717, 1.165) is 11.1 Å². The van der Waals surface area contributed by atoms with E-state index >= 15 is 0 Å². The molecule has 4 N–H and O–H groups in total. The van der Waals surface area contributed by atoms with Crippen molar-refractivity contribution >= 4 is 28.2 Å². The maximum Gasteiger partial charge on any atom is 0.332 e. The molecule has 1 unspecified atom stereocenters. The topological polar surface area (TPSA) is 145 Å². The van der Waals surface area contributed by atoms with E-state index in [1.807, 2.05) is 54.6 Å². The zero-order chi connectivity index (χ0) is 25.5. The van der Waals surface area contributed by atoms with Crippen molar-refractivity contribution in [3.05, 3.63) is 92.4 Å². The number of anilines is 1. The molecule has 0 saturated carbocycles. The molecule has 11 heteroatoms. The van der Waals surface area contributed by atoms with Gasteiger partial charge in [-0.1, -0.05) is 42.5 Å². The Morgan fingerprint density at radius 1 is 0.944 bits per heavy atom. The maximum atomic E-state index is 13.4. The molecule has 2 aromatic carbocycles. The van der Waals surface area contributed by atoms with Crippen molar-refractivity contribution in [3.8, 4) is 0 Å². The first-order valence-electron chi connectivity index (χ1n) is 11.8. The molecule has 0 amide bonds. The van der Waals surface area contributed by atoms with Crippen LogP contribution in [0.25, 0.3) is 11.2 Å². The molecule has 0 spiro atoms. The van der Waals surface area contributed by atoms with Crippen LogP contribution in [-0.2, 0) is 41.5 Å². The van der Waals surface area contributed by atoms with Gasteiger partial charge in [0, 0.05) is 25.2 Å². The molecule has 0 bridgehead atoms. The number of hydrogen-bond acceptors (Lipinski definition) is 6. The Labute approximate surface area is 210 Å². The minimum Gasteiger partial charge on any atom is -0.399 e. The number of aromatic nitrogens is 4. The first-order valence-corrected chi connectivity index (χ1v) is 12.8. The fourth-order valence-electron chi connectivity index (χ4n) is 4.09. The number of nitrogens with zero attached hydrogens (tertiary/aromatic N) is 3. The van der Waals surface area contributed by atoms with Crippen LogP contribution in [0, 0.1) is 0 Å². The van der Waals surface area contributed by atoms with Crippen molar-refractivity contribution in [1.29, 1.82) is 0 Å². The number of aromatic amines is 1. The van der Waals surface area contributed by atoms with Crippen LogP contribution in [0.15, 0.2) is 64.2 Å². The van der Waals surface area contributed by atoms with E-state index < -0.39 is 22.6 Å². The first-order chi connectivity index (χ1) is 17.4. The molecule has 0 aliphatic heterocycles. The Morgan fingerprint density at radius 2 is 1.69 bits per heavy atom. The van der Waals surface area contributed by atoms with Crippen LogP contribution in [0.3, 0.4) is 0 Å². The number of rotatable bonds is 12. The molecule has 0 aliphatic rings. The van der Waals surface area contributed by atoms with Gasteiger partial charge in [-0.25, -0.2) is 9.78 Å². The van der Waals surface area contributed by atoms with Crippen LogP contribution in [0.2, 0.25) is 0 Å². The summed E-state index contributed by atoms with van der Waals surface area (Å²) in [6.07, 6.45) is 2.80. The minimum absolute atomic E-state index is 0.131. The van der Waals surface area contributed by atoms with E-state index in [1.165, 1.54) is 4.57 Å². The van der Waals surface area contributed by atoms with E-state index in [0.29, 0.717) is 61.3 Å². The number of fused-ring (bicyclic) bond motifs is 1. The number of H-pyrrole nitrogens is 1. The number of imidazole rings is 1. The van der Waals surface area contributed by atoms with Crippen molar-refractivity contribution in [2.45, 2.75) is 45.2 Å². The molecule has 1 atom stereocenters. The lowest BCUT2D eigenvalue weighted by Gasteiger charge is -2.11. The van der Waals surface area contributed by atoms with Crippen LogP contribution in [-0.4, -0.2) is 34.5 Å². The third kappa shape index (κ3) is 6.36. The summed E-state index contributed by atoms with van der Waals surface area (Å²) in [6, 6.07) is 17.2. The first kappa shape index (κ1) is 25.5. The molecular weight excluding hydrogens is 482 g/mol. The Kier molecular flexibility index (Phi) is 8.47. The molecule has 4 rings (SSSR count). The van der Waals surface area contributed by atoms with Gasteiger partial charge in [-0.05, 0) is 48.9 Å². The van der Waals surface area contributed by atoms with Gasteiger partial charge in [0.05, 0.1) is 6.61 Å². The summed E-state index contributed by atoms with van der Waals surface area (Å²) in [5, 5.41) is 0. The molecular formula is C25H29N5O5S.